The summed E-state index contributed by atoms with van der Waals surface area (Å²) in [5.74, 6) is -0.170. The van der Waals surface area contributed by atoms with Crippen molar-refractivity contribution in [2.24, 2.45) is 0 Å². The Kier molecular flexibility index (Phi) is 4.58. The molecule has 0 aliphatic carbocycles. The van der Waals surface area contributed by atoms with Gasteiger partial charge in [-0.1, -0.05) is 6.07 Å². The Morgan fingerprint density at radius 3 is 2.71 bits per heavy atom. The van der Waals surface area contributed by atoms with E-state index >= 15 is 0 Å². The fraction of sp³-hybridized carbons (Fsp3) is 0.235. The summed E-state index contributed by atoms with van der Waals surface area (Å²) in [4.78, 5) is 11.4. The van der Waals surface area contributed by atoms with Crippen LogP contribution in [0.1, 0.15) is 19.4 Å². The number of allylic oxidation sites excluding steroid dienone is 1. The standard InChI is InChI=1S/C17H17FO3/c1-4-21-17(19)7-11(2)13-8-12-5-6-14(20-3)10-15(12)16(18)9-13/h5-10H,4H2,1-3H3/b11-7-. The van der Waals surface area contributed by atoms with Gasteiger partial charge in [0.1, 0.15) is 11.6 Å². The minimum Gasteiger partial charge on any atom is -0.497 e. The van der Waals surface area contributed by atoms with Gasteiger partial charge < -0.3 is 9.47 Å². The van der Waals surface area contributed by atoms with Crippen LogP contribution in [-0.2, 0) is 9.53 Å². The van der Waals surface area contributed by atoms with E-state index in [-0.39, 0.29) is 5.82 Å². The van der Waals surface area contributed by atoms with E-state index in [0.29, 0.717) is 28.9 Å². The molecule has 3 nitrogen and oxygen atoms in total. The van der Waals surface area contributed by atoms with Crippen molar-refractivity contribution in [3.05, 3.63) is 47.8 Å². The van der Waals surface area contributed by atoms with E-state index in [1.54, 1.807) is 39.2 Å². The highest BCUT2D eigenvalue weighted by molar-refractivity contribution is 5.93. The number of hydrogen-bond donors (Lipinski definition) is 0. The highest BCUT2D eigenvalue weighted by Crippen LogP contribution is 2.27. The second-order valence-electron chi connectivity index (χ2n) is 4.62. The molecule has 21 heavy (non-hydrogen) atoms. The van der Waals surface area contributed by atoms with Crippen molar-refractivity contribution in [2.75, 3.05) is 13.7 Å². The van der Waals surface area contributed by atoms with E-state index in [9.17, 15) is 9.18 Å². The maximum Gasteiger partial charge on any atom is 0.331 e. The molecule has 0 fully saturated rings. The average Bonchev–Trinajstić information content (AvgIpc) is 2.47. The summed E-state index contributed by atoms with van der Waals surface area (Å²) in [5, 5.41) is 1.24. The summed E-state index contributed by atoms with van der Waals surface area (Å²) < 4.78 is 24.2. The van der Waals surface area contributed by atoms with Gasteiger partial charge in [0.25, 0.3) is 0 Å². The fourth-order valence-corrected chi connectivity index (χ4v) is 2.09. The maximum absolute atomic E-state index is 14.2. The van der Waals surface area contributed by atoms with E-state index in [1.807, 2.05) is 6.07 Å². The Hall–Kier alpha value is -2.36. The number of benzene rings is 2. The van der Waals surface area contributed by atoms with Crippen LogP contribution in [0.2, 0.25) is 0 Å². The van der Waals surface area contributed by atoms with Gasteiger partial charge in [0, 0.05) is 11.5 Å². The first kappa shape index (κ1) is 15.0. The van der Waals surface area contributed by atoms with Gasteiger partial charge in [0.2, 0.25) is 0 Å². The van der Waals surface area contributed by atoms with Crippen molar-refractivity contribution in [3.63, 3.8) is 0 Å². The van der Waals surface area contributed by atoms with Crippen LogP contribution < -0.4 is 4.74 Å². The lowest BCUT2D eigenvalue weighted by Gasteiger charge is -2.08. The van der Waals surface area contributed by atoms with E-state index in [0.717, 1.165) is 5.39 Å². The Morgan fingerprint density at radius 2 is 2.05 bits per heavy atom. The Balaban J connectivity index is 2.45. The number of hydrogen-bond acceptors (Lipinski definition) is 3. The highest BCUT2D eigenvalue weighted by Gasteiger charge is 2.08. The van der Waals surface area contributed by atoms with Crippen LogP contribution in [0.3, 0.4) is 0 Å². The predicted octanol–water partition coefficient (Wildman–Crippen LogP) is 3.95. The summed E-state index contributed by atoms with van der Waals surface area (Å²) in [7, 11) is 1.54. The van der Waals surface area contributed by atoms with Crippen LogP contribution in [0.25, 0.3) is 16.3 Å². The molecule has 0 saturated carbocycles. The number of carbonyl (C=O) groups is 1. The van der Waals surface area contributed by atoms with Gasteiger partial charge in [0.05, 0.1) is 13.7 Å². The van der Waals surface area contributed by atoms with E-state index in [4.69, 9.17) is 9.47 Å². The monoisotopic (exact) mass is 288 g/mol. The molecule has 0 heterocycles. The molecular weight excluding hydrogens is 271 g/mol. The molecule has 0 aromatic heterocycles. The Bertz CT molecular complexity index is 704. The molecule has 4 heteroatoms. The van der Waals surface area contributed by atoms with Crippen molar-refractivity contribution >= 4 is 22.3 Å². The van der Waals surface area contributed by atoms with Gasteiger partial charge in [-0.15, -0.1) is 0 Å². The molecule has 0 radical (unpaired) electrons. The lowest BCUT2D eigenvalue weighted by molar-refractivity contribution is -0.137. The number of ether oxygens (including phenoxy) is 2. The Morgan fingerprint density at radius 1 is 1.29 bits per heavy atom. The zero-order valence-corrected chi connectivity index (χ0v) is 12.3. The zero-order valence-electron chi connectivity index (χ0n) is 12.3. The summed E-state index contributed by atoms with van der Waals surface area (Å²) >= 11 is 0. The van der Waals surface area contributed by atoms with Gasteiger partial charge in [-0.2, -0.15) is 0 Å². The summed E-state index contributed by atoms with van der Waals surface area (Å²) in [6.07, 6.45) is 1.37. The lowest BCUT2D eigenvalue weighted by atomic mass is 10.0. The molecule has 0 bridgehead atoms. The minimum atomic E-state index is -0.426. The van der Waals surface area contributed by atoms with Gasteiger partial charge in [-0.3, -0.25) is 0 Å². The van der Waals surface area contributed by atoms with Crippen molar-refractivity contribution in [2.45, 2.75) is 13.8 Å². The van der Waals surface area contributed by atoms with Crippen LogP contribution >= 0.6 is 0 Å². The second-order valence-corrected chi connectivity index (χ2v) is 4.62. The zero-order chi connectivity index (χ0) is 15.4. The van der Waals surface area contributed by atoms with Crippen molar-refractivity contribution in [1.82, 2.24) is 0 Å². The number of rotatable bonds is 4. The molecule has 0 atom stereocenters. The molecular formula is C17H17FO3. The first-order chi connectivity index (χ1) is 10.0. The second kappa shape index (κ2) is 6.39. The van der Waals surface area contributed by atoms with Gasteiger partial charge in [-0.25, -0.2) is 9.18 Å². The number of methoxy groups -OCH3 is 1. The SMILES string of the molecule is CCOC(=O)/C=C(/C)c1cc(F)c2cc(OC)ccc2c1. The number of esters is 1. The lowest BCUT2D eigenvalue weighted by Crippen LogP contribution is -2.00. The first-order valence-corrected chi connectivity index (χ1v) is 6.68. The average molecular weight is 288 g/mol. The van der Waals surface area contributed by atoms with Crippen LogP contribution in [0.4, 0.5) is 4.39 Å². The molecule has 0 aliphatic rings. The fourth-order valence-electron chi connectivity index (χ4n) is 2.09. The van der Waals surface area contributed by atoms with Crippen LogP contribution in [0.15, 0.2) is 36.4 Å². The van der Waals surface area contributed by atoms with Crippen molar-refractivity contribution in [3.8, 4) is 5.75 Å². The molecule has 0 unspecified atom stereocenters. The van der Waals surface area contributed by atoms with Crippen LogP contribution in [-0.4, -0.2) is 19.7 Å². The molecule has 2 aromatic rings. The molecule has 2 rings (SSSR count). The molecule has 0 N–H and O–H groups in total. The molecule has 0 aliphatic heterocycles. The third kappa shape index (κ3) is 3.40. The first-order valence-electron chi connectivity index (χ1n) is 6.68. The smallest absolute Gasteiger partial charge is 0.331 e. The van der Waals surface area contributed by atoms with E-state index < -0.39 is 5.97 Å². The third-order valence-electron chi connectivity index (χ3n) is 3.19. The number of fused-ring (bicyclic) bond motifs is 1. The number of carbonyl (C=O) groups excluding carboxylic acids is 1. The summed E-state index contributed by atoms with van der Waals surface area (Å²) in [6.45, 7) is 3.81. The normalized spacial score (nSPS) is 11.5. The number of halogens is 1. The van der Waals surface area contributed by atoms with Crippen molar-refractivity contribution in [1.29, 1.82) is 0 Å². The largest absolute Gasteiger partial charge is 0.497 e. The molecule has 110 valence electrons. The van der Waals surface area contributed by atoms with Crippen LogP contribution in [0.5, 0.6) is 5.75 Å². The van der Waals surface area contributed by atoms with Gasteiger partial charge in [-0.05, 0) is 54.6 Å². The maximum atomic E-state index is 14.2. The molecule has 2 aromatic carbocycles. The molecule has 0 amide bonds. The summed E-state index contributed by atoms with van der Waals surface area (Å²) in [6, 6.07) is 8.46. The summed E-state index contributed by atoms with van der Waals surface area (Å²) in [5.41, 5.74) is 1.31. The quantitative estimate of drug-likeness (QED) is 0.631. The highest BCUT2D eigenvalue weighted by atomic mass is 19.1. The third-order valence-corrected chi connectivity index (χ3v) is 3.19. The van der Waals surface area contributed by atoms with Crippen molar-refractivity contribution < 1.29 is 18.7 Å². The molecule has 0 saturated heterocycles. The van der Waals surface area contributed by atoms with Gasteiger partial charge >= 0.3 is 5.97 Å². The van der Waals surface area contributed by atoms with Crippen LogP contribution in [0, 0.1) is 5.82 Å². The Labute approximate surface area is 123 Å². The molecule has 0 spiro atoms. The van der Waals surface area contributed by atoms with E-state index in [1.165, 1.54) is 12.1 Å². The van der Waals surface area contributed by atoms with E-state index in [2.05, 4.69) is 0 Å². The van der Waals surface area contributed by atoms with Gasteiger partial charge in [0.15, 0.2) is 0 Å². The predicted molar refractivity (Wildman–Crippen MR) is 80.7 cm³/mol. The topological polar surface area (TPSA) is 35.5 Å². The minimum absolute atomic E-state index is 0.314.